The van der Waals surface area contributed by atoms with Gasteiger partial charge in [0.25, 0.3) is 0 Å². The Bertz CT molecular complexity index is 495. The third kappa shape index (κ3) is 3.08. The number of anilines is 1. The fourth-order valence-electron chi connectivity index (χ4n) is 3.27. The summed E-state index contributed by atoms with van der Waals surface area (Å²) in [5.41, 5.74) is 7.58. The van der Waals surface area contributed by atoms with E-state index in [-0.39, 0.29) is 0 Å². The van der Waals surface area contributed by atoms with Crippen LogP contribution in [0.2, 0.25) is 5.02 Å². The number of nitrogens with two attached hydrogens (primary N) is 1. The molecular formula is C16H22ClN3. The quantitative estimate of drug-likeness (QED) is 0.923. The van der Waals surface area contributed by atoms with Gasteiger partial charge in [-0.15, -0.1) is 0 Å². The highest BCUT2D eigenvalue weighted by Crippen LogP contribution is 2.34. The summed E-state index contributed by atoms with van der Waals surface area (Å²) >= 11 is 6.37. The Hall–Kier alpha value is -1.24. The Morgan fingerprint density at radius 3 is 2.75 bits per heavy atom. The van der Waals surface area contributed by atoms with Crippen LogP contribution in [-0.4, -0.2) is 19.1 Å². The summed E-state index contributed by atoms with van der Waals surface area (Å²) in [4.78, 5) is 2.36. The van der Waals surface area contributed by atoms with Crippen molar-refractivity contribution in [3.63, 3.8) is 0 Å². The molecule has 0 saturated heterocycles. The Morgan fingerprint density at radius 2 is 2.15 bits per heavy atom. The minimum atomic E-state index is 0.462. The lowest BCUT2D eigenvalue weighted by Crippen LogP contribution is -2.45. The predicted octanol–water partition coefficient (Wildman–Crippen LogP) is 3.56. The number of nitriles is 1. The van der Waals surface area contributed by atoms with Crippen LogP contribution in [0, 0.1) is 17.2 Å². The highest BCUT2D eigenvalue weighted by atomic mass is 35.5. The van der Waals surface area contributed by atoms with E-state index in [9.17, 15) is 0 Å². The summed E-state index contributed by atoms with van der Waals surface area (Å²) in [5, 5.41) is 9.60. The van der Waals surface area contributed by atoms with Gasteiger partial charge in [-0.3, -0.25) is 0 Å². The van der Waals surface area contributed by atoms with Gasteiger partial charge in [-0.25, -0.2) is 0 Å². The van der Waals surface area contributed by atoms with E-state index in [2.05, 4.69) is 17.9 Å². The zero-order chi connectivity index (χ0) is 14.5. The molecule has 0 radical (unpaired) electrons. The van der Waals surface area contributed by atoms with E-state index in [0.717, 1.165) is 18.8 Å². The van der Waals surface area contributed by atoms with Crippen LogP contribution in [-0.2, 0) is 0 Å². The Balaban J connectivity index is 2.29. The van der Waals surface area contributed by atoms with Gasteiger partial charge < -0.3 is 10.6 Å². The van der Waals surface area contributed by atoms with Gasteiger partial charge in [-0.05, 0) is 50.4 Å². The zero-order valence-electron chi connectivity index (χ0n) is 12.0. The number of rotatable bonds is 4. The first kappa shape index (κ1) is 15.2. The highest BCUT2D eigenvalue weighted by molar-refractivity contribution is 6.33. The van der Waals surface area contributed by atoms with Gasteiger partial charge in [0.1, 0.15) is 0 Å². The van der Waals surface area contributed by atoms with Gasteiger partial charge in [0.2, 0.25) is 0 Å². The molecule has 2 atom stereocenters. The molecule has 108 valence electrons. The van der Waals surface area contributed by atoms with Crippen LogP contribution >= 0.6 is 11.6 Å². The number of benzene rings is 1. The Labute approximate surface area is 126 Å². The number of hydrogen-bond donors (Lipinski definition) is 1. The summed E-state index contributed by atoms with van der Waals surface area (Å²) in [5.74, 6) is 0.537. The van der Waals surface area contributed by atoms with Crippen molar-refractivity contribution in [1.29, 1.82) is 5.26 Å². The average Bonchev–Trinajstić information content (AvgIpc) is 2.50. The highest BCUT2D eigenvalue weighted by Gasteiger charge is 2.29. The molecule has 1 aliphatic carbocycles. The monoisotopic (exact) mass is 291 g/mol. The fourth-order valence-corrected chi connectivity index (χ4v) is 3.56. The van der Waals surface area contributed by atoms with E-state index in [4.69, 9.17) is 22.6 Å². The molecule has 1 aliphatic rings. The third-order valence-corrected chi connectivity index (χ3v) is 4.60. The van der Waals surface area contributed by atoms with Crippen molar-refractivity contribution in [3.8, 4) is 6.07 Å². The second-order valence-corrected chi connectivity index (χ2v) is 5.82. The van der Waals surface area contributed by atoms with Crippen molar-refractivity contribution in [3.05, 3.63) is 28.8 Å². The standard InChI is InChI=1S/C16H22ClN3/c1-2-20(15-6-4-3-5-13(15)11-19)16-8-7-12(10-18)9-14(16)17/h7-9,13,15H,2-6,11,19H2,1H3. The summed E-state index contributed by atoms with van der Waals surface area (Å²) in [6, 6.07) is 8.14. The molecule has 2 N–H and O–H groups in total. The number of nitrogens with zero attached hydrogens (tertiary/aromatic N) is 2. The summed E-state index contributed by atoms with van der Waals surface area (Å²) in [6.07, 6.45) is 4.90. The van der Waals surface area contributed by atoms with Crippen LogP contribution in [0.4, 0.5) is 5.69 Å². The van der Waals surface area contributed by atoms with Crippen molar-refractivity contribution in [2.75, 3.05) is 18.0 Å². The first-order valence-corrected chi connectivity index (χ1v) is 7.75. The minimum absolute atomic E-state index is 0.462. The maximum Gasteiger partial charge on any atom is 0.0992 e. The van der Waals surface area contributed by atoms with Crippen LogP contribution in [0.1, 0.15) is 38.2 Å². The van der Waals surface area contributed by atoms with Crippen LogP contribution in [0.3, 0.4) is 0 Å². The molecule has 0 heterocycles. The maximum atomic E-state index is 8.94. The van der Waals surface area contributed by atoms with Crippen molar-refractivity contribution < 1.29 is 0 Å². The summed E-state index contributed by atoms with van der Waals surface area (Å²) in [6.45, 7) is 3.79. The van der Waals surface area contributed by atoms with E-state index in [0.29, 0.717) is 22.5 Å². The van der Waals surface area contributed by atoms with Crippen molar-refractivity contribution in [2.45, 2.75) is 38.6 Å². The lowest BCUT2D eigenvalue weighted by Gasteiger charge is -2.41. The normalized spacial score (nSPS) is 22.3. The van der Waals surface area contributed by atoms with Gasteiger partial charge in [0, 0.05) is 12.6 Å². The summed E-state index contributed by atoms with van der Waals surface area (Å²) in [7, 11) is 0. The van der Waals surface area contributed by atoms with Crippen LogP contribution in [0.5, 0.6) is 0 Å². The topological polar surface area (TPSA) is 53.0 Å². The van der Waals surface area contributed by atoms with Crippen molar-refractivity contribution >= 4 is 17.3 Å². The van der Waals surface area contributed by atoms with E-state index in [1.165, 1.54) is 25.7 Å². The molecular weight excluding hydrogens is 270 g/mol. The van der Waals surface area contributed by atoms with Gasteiger partial charge in [0.05, 0.1) is 22.3 Å². The second-order valence-electron chi connectivity index (χ2n) is 5.41. The largest absolute Gasteiger partial charge is 0.367 e. The van der Waals surface area contributed by atoms with Gasteiger partial charge in [-0.2, -0.15) is 5.26 Å². The molecule has 4 heteroatoms. The molecule has 0 aliphatic heterocycles. The molecule has 1 aromatic carbocycles. The van der Waals surface area contributed by atoms with E-state index >= 15 is 0 Å². The zero-order valence-corrected chi connectivity index (χ0v) is 12.7. The average molecular weight is 292 g/mol. The molecule has 0 amide bonds. The molecule has 0 spiro atoms. The second kappa shape index (κ2) is 6.97. The third-order valence-electron chi connectivity index (χ3n) is 4.30. The smallest absolute Gasteiger partial charge is 0.0992 e. The number of hydrogen-bond acceptors (Lipinski definition) is 3. The maximum absolute atomic E-state index is 8.94. The van der Waals surface area contributed by atoms with Crippen molar-refractivity contribution in [1.82, 2.24) is 0 Å². The molecule has 1 fully saturated rings. The summed E-state index contributed by atoms with van der Waals surface area (Å²) < 4.78 is 0. The molecule has 2 unspecified atom stereocenters. The molecule has 0 aromatic heterocycles. The van der Waals surface area contributed by atoms with E-state index in [1.54, 1.807) is 6.07 Å². The lowest BCUT2D eigenvalue weighted by atomic mass is 9.83. The lowest BCUT2D eigenvalue weighted by molar-refractivity contribution is 0.300. The Morgan fingerprint density at radius 1 is 1.40 bits per heavy atom. The molecule has 2 rings (SSSR count). The fraction of sp³-hybridized carbons (Fsp3) is 0.562. The first-order valence-electron chi connectivity index (χ1n) is 7.37. The van der Waals surface area contributed by atoms with Crippen LogP contribution < -0.4 is 10.6 Å². The minimum Gasteiger partial charge on any atom is -0.367 e. The SMILES string of the molecule is CCN(c1ccc(C#N)cc1Cl)C1CCCCC1CN. The first-order chi connectivity index (χ1) is 9.71. The molecule has 1 aromatic rings. The predicted molar refractivity (Wildman–Crippen MR) is 84.0 cm³/mol. The van der Waals surface area contributed by atoms with Gasteiger partial charge in [-0.1, -0.05) is 24.4 Å². The number of halogens is 1. The molecule has 20 heavy (non-hydrogen) atoms. The van der Waals surface area contributed by atoms with Gasteiger partial charge in [0.15, 0.2) is 0 Å². The Kier molecular flexibility index (Phi) is 5.28. The van der Waals surface area contributed by atoms with E-state index in [1.807, 2.05) is 12.1 Å². The molecule has 0 bridgehead atoms. The van der Waals surface area contributed by atoms with Crippen LogP contribution in [0.15, 0.2) is 18.2 Å². The van der Waals surface area contributed by atoms with Crippen molar-refractivity contribution in [2.24, 2.45) is 11.7 Å². The molecule has 3 nitrogen and oxygen atoms in total. The van der Waals surface area contributed by atoms with E-state index < -0.39 is 0 Å². The molecule has 1 saturated carbocycles. The van der Waals surface area contributed by atoms with Gasteiger partial charge >= 0.3 is 0 Å². The van der Waals surface area contributed by atoms with Crippen LogP contribution in [0.25, 0.3) is 0 Å².